The number of aryl methyl sites for hydroxylation is 2. The van der Waals surface area contributed by atoms with E-state index < -0.39 is 39.0 Å². The van der Waals surface area contributed by atoms with Crippen molar-refractivity contribution in [1.29, 1.82) is 0 Å². The summed E-state index contributed by atoms with van der Waals surface area (Å²) in [7, 11) is -4.38. The molecule has 0 saturated heterocycles. The zero-order valence-electron chi connectivity index (χ0n) is 18.2. The van der Waals surface area contributed by atoms with E-state index in [4.69, 9.17) is 0 Å². The molecule has 0 bridgehead atoms. The summed E-state index contributed by atoms with van der Waals surface area (Å²) in [5.74, 6) is -1.64. The average molecular weight is 487 g/mol. The molecule has 0 saturated carbocycles. The predicted molar refractivity (Wildman–Crippen MR) is 120 cm³/mol. The Morgan fingerprint density at radius 3 is 2.06 bits per heavy atom. The van der Waals surface area contributed by atoms with Crippen molar-refractivity contribution in [3.63, 3.8) is 0 Å². The number of carbonyl (C=O) groups is 1. The molecule has 0 fully saturated rings. The molecular weight excluding hydrogens is 467 g/mol. The summed E-state index contributed by atoms with van der Waals surface area (Å²) in [6.07, 6.45) is -4.78. The minimum absolute atomic E-state index is 0.0896. The highest BCUT2D eigenvalue weighted by Crippen LogP contribution is 2.44. The van der Waals surface area contributed by atoms with Crippen LogP contribution in [0.1, 0.15) is 33.4 Å². The van der Waals surface area contributed by atoms with Gasteiger partial charge in [-0.25, -0.2) is 13.2 Å². The third-order valence-electron chi connectivity index (χ3n) is 5.52. The SMILES string of the molecule is Cc1cc(C)cc(CN2C(C(=O)O)=C(c3ccccc3C(F)(F)F)c3ccccc3S2(=O)=O)c1. The van der Waals surface area contributed by atoms with Gasteiger partial charge >= 0.3 is 12.1 Å². The first-order valence-electron chi connectivity index (χ1n) is 10.2. The Bertz CT molecular complexity index is 1420. The smallest absolute Gasteiger partial charge is 0.417 e. The second-order valence-electron chi connectivity index (χ2n) is 8.08. The number of hydrogen-bond donors (Lipinski definition) is 1. The zero-order chi connectivity index (χ0) is 24.8. The van der Waals surface area contributed by atoms with Crippen LogP contribution in [-0.2, 0) is 27.5 Å². The monoisotopic (exact) mass is 487 g/mol. The van der Waals surface area contributed by atoms with Crippen LogP contribution >= 0.6 is 0 Å². The normalized spacial score (nSPS) is 15.3. The Kier molecular flexibility index (Phi) is 5.77. The Balaban J connectivity index is 2.08. The number of aliphatic carboxylic acids is 1. The van der Waals surface area contributed by atoms with Crippen LogP contribution in [0.15, 0.2) is 77.3 Å². The minimum atomic E-state index is -4.78. The maximum Gasteiger partial charge on any atom is 0.417 e. The second-order valence-corrected chi connectivity index (χ2v) is 9.91. The van der Waals surface area contributed by atoms with Crippen molar-refractivity contribution < 1.29 is 31.5 Å². The molecule has 0 amide bonds. The molecule has 9 heteroatoms. The number of hydrogen-bond acceptors (Lipinski definition) is 3. The molecule has 5 nitrogen and oxygen atoms in total. The van der Waals surface area contributed by atoms with E-state index in [1.807, 2.05) is 19.9 Å². The number of rotatable bonds is 4. The van der Waals surface area contributed by atoms with Gasteiger partial charge in [-0.15, -0.1) is 0 Å². The molecule has 1 aliphatic heterocycles. The molecule has 34 heavy (non-hydrogen) atoms. The van der Waals surface area contributed by atoms with Crippen LogP contribution in [-0.4, -0.2) is 23.8 Å². The van der Waals surface area contributed by atoms with Gasteiger partial charge in [-0.1, -0.05) is 65.7 Å². The van der Waals surface area contributed by atoms with E-state index in [2.05, 4.69) is 0 Å². The number of sulfonamides is 1. The topological polar surface area (TPSA) is 74.7 Å². The van der Waals surface area contributed by atoms with E-state index in [0.717, 1.165) is 23.3 Å². The Hall–Kier alpha value is -3.59. The largest absolute Gasteiger partial charge is 0.477 e. The van der Waals surface area contributed by atoms with Crippen molar-refractivity contribution in [2.45, 2.75) is 31.5 Å². The van der Waals surface area contributed by atoms with Crippen molar-refractivity contribution >= 4 is 21.6 Å². The molecule has 3 aromatic carbocycles. The fourth-order valence-electron chi connectivity index (χ4n) is 4.31. The summed E-state index contributed by atoms with van der Waals surface area (Å²) in [4.78, 5) is 12.2. The molecule has 0 atom stereocenters. The van der Waals surface area contributed by atoms with Gasteiger partial charge in [0.1, 0.15) is 5.70 Å². The van der Waals surface area contributed by atoms with Crippen molar-refractivity contribution in [2.24, 2.45) is 0 Å². The van der Waals surface area contributed by atoms with E-state index in [9.17, 15) is 31.5 Å². The fourth-order valence-corrected chi connectivity index (χ4v) is 5.98. The van der Waals surface area contributed by atoms with Crippen molar-refractivity contribution in [3.05, 3.63) is 106 Å². The summed E-state index contributed by atoms with van der Waals surface area (Å²) in [5, 5.41) is 10.1. The predicted octanol–water partition coefficient (Wildman–Crippen LogP) is 5.37. The quantitative estimate of drug-likeness (QED) is 0.537. The summed E-state index contributed by atoms with van der Waals surface area (Å²) in [6, 6.07) is 15.4. The van der Waals surface area contributed by atoms with Gasteiger partial charge in [-0.3, -0.25) is 4.31 Å². The van der Waals surface area contributed by atoms with Crippen molar-refractivity contribution in [2.75, 3.05) is 0 Å². The summed E-state index contributed by atoms with van der Waals surface area (Å²) in [6.45, 7) is 3.28. The number of fused-ring (bicyclic) bond motifs is 1. The fraction of sp³-hybridized carbons (Fsp3) is 0.160. The van der Waals surface area contributed by atoms with Crippen molar-refractivity contribution in [3.8, 4) is 0 Å². The highest BCUT2D eigenvalue weighted by Gasteiger charge is 2.43. The van der Waals surface area contributed by atoms with Gasteiger partial charge in [0.25, 0.3) is 10.0 Å². The second kappa shape index (κ2) is 8.32. The molecule has 0 spiro atoms. The summed E-state index contributed by atoms with van der Waals surface area (Å²) < 4.78 is 69.5. The standard InChI is InChI=1S/C25H20F3NO4S/c1-15-11-16(2)13-17(12-15)14-29-23(24(30)31)22(18-7-3-5-9-20(18)25(26,27)28)19-8-4-6-10-21(19)34(29,32)33/h3-13H,14H2,1-2H3,(H,30,31). The maximum atomic E-state index is 13.9. The Morgan fingerprint density at radius 2 is 1.47 bits per heavy atom. The van der Waals surface area contributed by atoms with E-state index in [0.29, 0.717) is 9.87 Å². The third kappa shape index (κ3) is 4.07. The van der Waals surface area contributed by atoms with Gasteiger partial charge in [-0.05, 0) is 37.1 Å². The first-order valence-corrected chi connectivity index (χ1v) is 11.7. The molecule has 0 aromatic heterocycles. The van der Waals surface area contributed by atoms with Gasteiger partial charge in [0.15, 0.2) is 0 Å². The van der Waals surface area contributed by atoms with Gasteiger partial charge < -0.3 is 5.11 Å². The minimum Gasteiger partial charge on any atom is -0.477 e. The summed E-state index contributed by atoms with van der Waals surface area (Å²) in [5.41, 5.74) is -0.369. The lowest BCUT2D eigenvalue weighted by molar-refractivity contribution is -0.138. The van der Waals surface area contributed by atoms with Crippen LogP contribution < -0.4 is 0 Å². The highest BCUT2D eigenvalue weighted by atomic mass is 32.2. The lowest BCUT2D eigenvalue weighted by atomic mass is 9.91. The van der Waals surface area contributed by atoms with E-state index in [1.165, 1.54) is 36.4 Å². The Morgan fingerprint density at radius 1 is 0.912 bits per heavy atom. The van der Waals surface area contributed by atoms with Gasteiger partial charge in [-0.2, -0.15) is 13.2 Å². The lowest BCUT2D eigenvalue weighted by Gasteiger charge is -2.33. The van der Waals surface area contributed by atoms with Crippen LogP contribution in [0.5, 0.6) is 0 Å². The molecule has 4 rings (SSSR count). The summed E-state index contributed by atoms with van der Waals surface area (Å²) >= 11 is 0. The molecule has 176 valence electrons. The van der Waals surface area contributed by atoms with Gasteiger partial charge in [0, 0.05) is 11.1 Å². The molecule has 3 aromatic rings. The first-order chi connectivity index (χ1) is 15.9. The van der Waals surface area contributed by atoms with Gasteiger partial charge in [0.05, 0.1) is 17.0 Å². The van der Waals surface area contributed by atoms with Crippen molar-refractivity contribution in [1.82, 2.24) is 4.31 Å². The zero-order valence-corrected chi connectivity index (χ0v) is 19.0. The highest BCUT2D eigenvalue weighted by molar-refractivity contribution is 7.89. The number of alkyl halides is 3. The Labute approximate surface area is 194 Å². The van der Waals surface area contributed by atoms with Crippen LogP contribution in [0.4, 0.5) is 13.2 Å². The molecule has 0 radical (unpaired) electrons. The molecule has 1 N–H and O–H groups in total. The first kappa shape index (κ1) is 23.6. The van der Waals surface area contributed by atoms with Crippen LogP contribution in [0.3, 0.4) is 0 Å². The number of benzene rings is 3. The van der Waals surface area contributed by atoms with Gasteiger partial charge in [0.2, 0.25) is 0 Å². The average Bonchev–Trinajstić information content (AvgIpc) is 2.74. The lowest BCUT2D eigenvalue weighted by Crippen LogP contribution is -2.38. The van der Waals surface area contributed by atoms with Crippen LogP contribution in [0.2, 0.25) is 0 Å². The number of nitrogens with zero attached hydrogens (tertiary/aromatic N) is 1. The van der Waals surface area contributed by atoms with E-state index in [-0.39, 0.29) is 22.6 Å². The number of carboxylic acids is 1. The number of halogens is 3. The molecule has 0 unspecified atom stereocenters. The molecule has 0 aliphatic carbocycles. The maximum absolute atomic E-state index is 13.9. The van der Waals surface area contributed by atoms with Crippen LogP contribution in [0, 0.1) is 13.8 Å². The number of carboxylic acid groups (broad SMARTS) is 1. The van der Waals surface area contributed by atoms with E-state index >= 15 is 0 Å². The molecule has 1 aliphatic rings. The van der Waals surface area contributed by atoms with Crippen LogP contribution in [0.25, 0.3) is 5.57 Å². The third-order valence-corrected chi connectivity index (χ3v) is 7.33. The molecule has 1 heterocycles. The van der Waals surface area contributed by atoms with E-state index in [1.54, 1.807) is 12.1 Å². The molecular formula is C25H20F3NO4S.